The van der Waals surface area contributed by atoms with Crippen LogP contribution in [0.25, 0.3) is 0 Å². The van der Waals surface area contributed by atoms with Crippen molar-refractivity contribution in [1.82, 2.24) is 0 Å². The molecule has 1 aromatic rings. The molecule has 8 heteroatoms. The lowest BCUT2D eigenvalue weighted by atomic mass is 10.1. The molecule has 7 nitrogen and oxygen atoms in total. The van der Waals surface area contributed by atoms with Crippen molar-refractivity contribution in [3.05, 3.63) is 34.1 Å². The van der Waals surface area contributed by atoms with E-state index < -0.39 is 28.4 Å². The van der Waals surface area contributed by atoms with Gasteiger partial charge < -0.3 is 15.2 Å². The summed E-state index contributed by atoms with van der Waals surface area (Å²) in [6, 6.07) is 1.92. The number of carboxylic acids is 1. The summed E-state index contributed by atoms with van der Waals surface area (Å²) in [5, 5.41) is 22.4. The molecular weight excluding hydrogens is 271 g/mol. The molecule has 20 heavy (non-hydrogen) atoms. The predicted molar refractivity (Wildman–Crippen MR) is 69.2 cm³/mol. The number of nitrogens with one attached hydrogen (secondary N) is 1. The summed E-state index contributed by atoms with van der Waals surface area (Å²) in [7, 11) is 1.49. The molecule has 0 radical (unpaired) electrons. The molecule has 1 unspecified atom stereocenters. The van der Waals surface area contributed by atoms with Crippen LogP contribution in [0.15, 0.2) is 18.2 Å². The van der Waals surface area contributed by atoms with Gasteiger partial charge in [0.05, 0.1) is 11.0 Å². The number of hydrogen-bond acceptors (Lipinski definition) is 5. The van der Waals surface area contributed by atoms with Crippen molar-refractivity contribution >= 4 is 17.3 Å². The Kier molecular flexibility index (Phi) is 5.85. The fraction of sp³-hybridized carbons (Fsp3) is 0.417. The van der Waals surface area contributed by atoms with Crippen molar-refractivity contribution in [3.63, 3.8) is 0 Å². The molecule has 0 saturated carbocycles. The summed E-state index contributed by atoms with van der Waals surface area (Å²) in [4.78, 5) is 21.2. The van der Waals surface area contributed by atoms with E-state index in [2.05, 4.69) is 5.32 Å². The molecule has 0 amide bonds. The molecule has 1 rings (SSSR count). The fourth-order valence-corrected chi connectivity index (χ4v) is 1.65. The Balaban J connectivity index is 2.87. The van der Waals surface area contributed by atoms with Gasteiger partial charge >= 0.3 is 5.97 Å². The smallest absolute Gasteiger partial charge is 0.326 e. The molecule has 0 spiro atoms. The highest BCUT2D eigenvalue weighted by Gasteiger charge is 2.22. The van der Waals surface area contributed by atoms with Crippen LogP contribution >= 0.6 is 0 Å². The Morgan fingerprint density at radius 3 is 2.85 bits per heavy atom. The van der Waals surface area contributed by atoms with Crippen LogP contribution < -0.4 is 5.32 Å². The Bertz CT molecular complexity index is 495. The zero-order valence-electron chi connectivity index (χ0n) is 10.8. The maximum absolute atomic E-state index is 13.0. The molecule has 0 aliphatic heterocycles. The number of halogens is 1. The van der Waals surface area contributed by atoms with Gasteiger partial charge in [-0.1, -0.05) is 0 Å². The van der Waals surface area contributed by atoms with E-state index in [-0.39, 0.29) is 12.1 Å². The summed E-state index contributed by atoms with van der Waals surface area (Å²) >= 11 is 0. The van der Waals surface area contributed by atoms with E-state index in [4.69, 9.17) is 9.84 Å². The maximum Gasteiger partial charge on any atom is 0.326 e. The molecule has 0 aliphatic carbocycles. The first-order chi connectivity index (χ1) is 9.45. The van der Waals surface area contributed by atoms with Gasteiger partial charge in [-0.05, 0) is 25.0 Å². The maximum atomic E-state index is 13.0. The number of methoxy groups -OCH3 is 1. The van der Waals surface area contributed by atoms with E-state index in [1.165, 1.54) is 7.11 Å². The molecule has 1 atom stereocenters. The van der Waals surface area contributed by atoms with Gasteiger partial charge in [0.1, 0.15) is 17.5 Å². The zero-order chi connectivity index (χ0) is 15.1. The van der Waals surface area contributed by atoms with Crippen molar-refractivity contribution in [3.8, 4) is 0 Å². The highest BCUT2D eigenvalue weighted by Crippen LogP contribution is 2.26. The number of nitro groups is 1. The van der Waals surface area contributed by atoms with E-state index in [9.17, 15) is 19.3 Å². The fourth-order valence-electron chi connectivity index (χ4n) is 1.65. The quantitative estimate of drug-likeness (QED) is 0.430. The zero-order valence-corrected chi connectivity index (χ0v) is 10.8. The van der Waals surface area contributed by atoms with Gasteiger partial charge in [-0.2, -0.15) is 0 Å². The third-order valence-electron chi connectivity index (χ3n) is 2.63. The topological polar surface area (TPSA) is 102 Å². The molecule has 0 aromatic heterocycles. The molecule has 0 saturated heterocycles. The molecule has 0 aliphatic rings. The molecule has 110 valence electrons. The summed E-state index contributed by atoms with van der Waals surface area (Å²) < 4.78 is 17.8. The third-order valence-corrected chi connectivity index (χ3v) is 2.63. The summed E-state index contributed by atoms with van der Waals surface area (Å²) in [6.45, 7) is 0.386. The van der Waals surface area contributed by atoms with E-state index in [0.717, 1.165) is 18.2 Å². The second-order valence-corrected chi connectivity index (χ2v) is 4.09. The number of anilines is 1. The lowest BCUT2D eigenvalue weighted by Crippen LogP contribution is -2.29. The first kappa shape index (κ1) is 15.8. The molecule has 0 heterocycles. The summed E-state index contributed by atoms with van der Waals surface area (Å²) in [5.41, 5.74) is -0.524. The van der Waals surface area contributed by atoms with Crippen molar-refractivity contribution in [2.75, 3.05) is 19.0 Å². The number of benzene rings is 1. The normalized spacial score (nSPS) is 11.9. The Labute approximate surface area is 114 Å². The number of nitro benzene ring substituents is 1. The van der Waals surface area contributed by atoms with Crippen molar-refractivity contribution in [1.29, 1.82) is 0 Å². The van der Waals surface area contributed by atoms with Crippen molar-refractivity contribution < 1.29 is 24.0 Å². The Morgan fingerprint density at radius 2 is 2.30 bits per heavy atom. The minimum Gasteiger partial charge on any atom is -0.480 e. The lowest BCUT2D eigenvalue weighted by Gasteiger charge is -2.15. The second kappa shape index (κ2) is 7.39. The Hall–Kier alpha value is -2.22. The number of hydrogen-bond donors (Lipinski definition) is 2. The molecule has 0 fully saturated rings. The monoisotopic (exact) mass is 286 g/mol. The average molecular weight is 286 g/mol. The van der Waals surface area contributed by atoms with Crippen LogP contribution in [0, 0.1) is 15.9 Å². The first-order valence-corrected chi connectivity index (χ1v) is 5.88. The van der Waals surface area contributed by atoms with Gasteiger partial charge in [0.25, 0.3) is 5.69 Å². The number of nitrogens with zero attached hydrogens (tertiary/aromatic N) is 1. The predicted octanol–water partition coefficient (Wildman–Crippen LogP) is 2.03. The molecule has 0 bridgehead atoms. The number of carbonyl (C=O) groups is 1. The van der Waals surface area contributed by atoms with Gasteiger partial charge in [0, 0.05) is 13.7 Å². The molecule has 1 aromatic carbocycles. The van der Waals surface area contributed by atoms with E-state index >= 15 is 0 Å². The highest BCUT2D eigenvalue weighted by atomic mass is 19.1. The van der Waals surface area contributed by atoms with Crippen LogP contribution in [0.2, 0.25) is 0 Å². The minimum absolute atomic E-state index is 0.0267. The average Bonchev–Trinajstić information content (AvgIpc) is 2.39. The van der Waals surface area contributed by atoms with E-state index in [1.54, 1.807) is 0 Å². The summed E-state index contributed by atoms with van der Waals surface area (Å²) in [6.07, 6.45) is 0.715. The number of aliphatic carboxylic acids is 1. The standard InChI is InChI=1S/C12H15FN2O5/c1-20-6-2-3-10(12(16)17)14-9-5-4-8(13)7-11(9)15(18)19/h4-5,7,10,14H,2-3,6H2,1H3,(H,16,17). The Morgan fingerprint density at radius 1 is 1.60 bits per heavy atom. The van der Waals surface area contributed by atoms with Crippen LogP contribution in [0.1, 0.15) is 12.8 Å². The van der Waals surface area contributed by atoms with E-state index in [0.29, 0.717) is 13.0 Å². The molecular formula is C12H15FN2O5. The first-order valence-electron chi connectivity index (χ1n) is 5.88. The van der Waals surface area contributed by atoms with Crippen molar-refractivity contribution in [2.24, 2.45) is 0 Å². The highest BCUT2D eigenvalue weighted by molar-refractivity contribution is 5.78. The van der Waals surface area contributed by atoms with Gasteiger partial charge in [-0.3, -0.25) is 10.1 Å². The van der Waals surface area contributed by atoms with Gasteiger partial charge in [-0.15, -0.1) is 0 Å². The SMILES string of the molecule is COCCCC(Nc1ccc(F)cc1[N+](=O)[O-])C(=O)O. The van der Waals surface area contributed by atoms with Gasteiger partial charge in [0.15, 0.2) is 0 Å². The van der Waals surface area contributed by atoms with Crippen LogP contribution in [-0.2, 0) is 9.53 Å². The lowest BCUT2D eigenvalue weighted by molar-refractivity contribution is -0.384. The van der Waals surface area contributed by atoms with Gasteiger partial charge in [0.2, 0.25) is 0 Å². The third kappa shape index (κ3) is 4.47. The second-order valence-electron chi connectivity index (χ2n) is 4.09. The number of carboxylic acid groups (broad SMARTS) is 1. The van der Waals surface area contributed by atoms with Crippen LogP contribution in [0.4, 0.5) is 15.8 Å². The number of rotatable bonds is 8. The van der Waals surface area contributed by atoms with Crippen molar-refractivity contribution in [2.45, 2.75) is 18.9 Å². The van der Waals surface area contributed by atoms with Gasteiger partial charge in [-0.25, -0.2) is 9.18 Å². The minimum atomic E-state index is -1.14. The van der Waals surface area contributed by atoms with Crippen LogP contribution in [-0.4, -0.2) is 35.8 Å². The van der Waals surface area contributed by atoms with Crippen LogP contribution in [0.3, 0.4) is 0 Å². The molecule has 2 N–H and O–H groups in total. The summed E-state index contributed by atoms with van der Waals surface area (Å²) in [5.74, 6) is -1.90. The van der Waals surface area contributed by atoms with Crippen LogP contribution in [0.5, 0.6) is 0 Å². The van der Waals surface area contributed by atoms with E-state index in [1.807, 2.05) is 0 Å². The largest absolute Gasteiger partial charge is 0.480 e. The number of ether oxygens (including phenoxy) is 1.